The lowest BCUT2D eigenvalue weighted by molar-refractivity contribution is -0.150. The first-order chi connectivity index (χ1) is 9.39. The van der Waals surface area contributed by atoms with Crippen molar-refractivity contribution in [2.45, 2.75) is 18.5 Å². The lowest BCUT2D eigenvalue weighted by atomic mass is 9.94. The van der Waals surface area contributed by atoms with E-state index in [1.807, 2.05) is 0 Å². The van der Waals surface area contributed by atoms with Crippen molar-refractivity contribution in [2.75, 3.05) is 0 Å². The van der Waals surface area contributed by atoms with Crippen molar-refractivity contribution in [1.82, 2.24) is 0 Å². The molecule has 0 aromatic heterocycles. The number of nitriles is 1. The summed E-state index contributed by atoms with van der Waals surface area (Å²) in [7, 11) is 0. The Balaban J connectivity index is 3.79. The summed E-state index contributed by atoms with van der Waals surface area (Å²) in [6.45, 7) is 0. The van der Waals surface area contributed by atoms with Crippen LogP contribution in [-0.2, 0) is 17.1 Å². The van der Waals surface area contributed by atoms with Gasteiger partial charge >= 0.3 is 18.3 Å². The van der Waals surface area contributed by atoms with E-state index >= 15 is 0 Å². The van der Waals surface area contributed by atoms with E-state index in [9.17, 15) is 36.2 Å². The van der Waals surface area contributed by atoms with Gasteiger partial charge in [-0.15, -0.1) is 0 Å². The Bertz CT molecular complexity index is 614. The monoisotopic (exact) mass is 313 g/mol. The highest BCUT2D eigenvalue weighted by atomic mass is 19.4. The fourth-order valence-corrected chi connectivity index (χ4v) is 1.58. The molecule has 0 bridgehead atoms. The molecule has 0 saturated heterocycles. The van der Waals surface area contributed by atoms with E-state index in [1.165, 1.54) is 0 Å². The van der Waals surface area contributed by atoms with Crippen LogP contribution in [0, 0.1) is 11.3 Å². The van der Waals surface area contributed by atoms with Gasteiger partial charge in [-0.3, -0.25) is 0 Å². The third kappa shape index (κ3) is 3.43. The maximum Gasteiger partial charge on any atom is 0.418 e. The Labute approximate surface area is 112 Å². The summed E-state index contributed by atoms with van der Waals surface area (Å²) in [4.78, 5) is 10.6. The number of aliphatic hydroxyl groups is 1. The zero-order chi connectivity index (χ0) is 16.6. The maximum atomic E-state index is 12.8. The van der Waals surface area contributed by atoms with Crippen molar-refractivity contribution in [2.24, 2.45) is 0 Å². The highest BCUT2D eigenvalue weighted by Crippen LogP contribution is 2.41. The zero-order valence-corrected chi connectivity index (χ0v) is 9.75. The minimum absolute atomic E-state index is 0.0547. The smallest absolute Gasteiger partial charge is 0.418 e. The minimum Gasteiger partial charge on any atom is -0.479 e. The molecular formula is C11H5F6NO3. The van der Waals surface area contributed by atoms with E-state index in [0.29, 0.717) is 0 Å². The highest BCUT2D eigenvalue weighted by Gasteiger charge is 2.42. The lowest BCUT2D eigenvalue weighted by Gasteiger charge is -2.19. The molecule has 0 fully saturated rings. The van der Waals surface area contributed by atoms with Crippen LogP contribution in [0.4, 0.5) is 26.3 Å². The van der Waals surface area contributed by atoms with E-state index in [-0.39, 0.29) is 12.1 Å². The van der Waals surface area contributed by atoms with Gasteiger partial charge < -0.3 is 10.2 Å². The Kier molecular flexibility index (Phi) is 4.19. The third-order valence-corrected chi connectivity index (χ3v) is 2.43. The molecule has 114 valence electrons. The van der Waals surface area contributed by atoms with Crippen LogP contribution in [-0.4, -0.2) is 16.2 Å². The summed E-state index contributed by atoms with van der Waals surface area (Å²) in [6.07, 6.45) is -13.3. The Morgan fingerprint density at radius 2 is 1.67 bits per heavy atom. The zero-order valence-electron chi connectivity index (χ0n) is 9.75. The molecule has 0 aliphatic heterocycles. The molecule has 4 nitrogen and oxygen atoms in total. The highest BCUT2D eigenvalue weighted by molar-refractivity contribution is 5.75. The quantitative estimate of drug-likeness (QED) is 0.823. The van der Waals surface area contributed by atoms with E-state index in [1.54, 1.807) is 0 Å². The molecular weight excluding hydrogens is 308 g/mol. The van der Waals surface area contributed by atoms with E-state index in [4.69, 9.17) is 10.4 Å². The second-order valence-electron chi connectivity index (χ2n) is 3.84. The van der Waals surface area contributed by atoms with Gasteiger partial charge in [0.2, 0.25) is 0 Å². The van der Waals surface area contributed by atoms with Gasteiger partial charge in [-0.25, -0.2) is 4.79 Å². The normalized spacial score (nSPS) is 13.6. The Morgan fingerprint density at radius 1 is 1.14 bits per heavy atom. The van der Waals surface area contributed by atoms with E-state index < -0.39 is 46.7 Å². The molecule has 1 unspecified atom stereocenters. The number of aliphatic hydroxyl groups excluding tert-OH is 1. The molecule has 0 aliphatic rings. The minimum atomic E-state index is -5.30. The maximum absolute atomic E-state index is 12.8. The molecule has 1 aromatic carbocycles. The third-order valence-electron chi connectivity index (χ3n) is 2.43. The standard InChI is InChI=1S/C11H5F6NO3/c12-10(13,14)5-1-4(3-18)7(11(15,16)17)6(2-5)8(19)9(20)21/h1-2,8,19H,(H,20,21). The first-order valence-electron chi connectivity index (χ1n) is 5.03. The van der Waals surface area contributed by atoms with Crippen LogP contribution in [0.3, 0.4) is 0 Å². The largest absolute Gasteiger partial charge is 0.479 e. The van der Waals surface area contributed by atoms with Crippen LogP contribution in [0.15, 0.2) is 12.1 Å². The number of carboxylic acids is 1. The predicted molar refractivity (Wildman–Crippen MR) is 53.8 cm³/mol. The molecule has 1 rings (SSSR count). The summed E-state index contributed by atoms with van der Waals surface area (Å²) >= 11 is 0. The summed E-state index contributed by atoms with van der Waals surface area (Å²) in [6, 6.07) is 0.734. The molecule has 0 aliphatic carbocycles. The van der Waals surface area contributed by atoms with Crippen molar-refractivity contribution < 1.29 is 41.4 Å². The van der Waals surface area contributed by atoms with Gasteiger partial charge in [-0.2, -0.15) is 31.6 Å². The van der Waals surface area contributed by atoms with Crippen molar-refractivity contribution in [3.8, 4) is 6.07 Å². The van der Waals surface area contributed by atoms with Gasteiger partial charge in [0.25, 0.3) is 0 Å². The molecule has 0 heterocycles. The van der Waals surface area contributed by atoms with Crippen molar-refractivity contribution in [3.63, 3.8) is 0 Å². The number of benzene rings is 1. The number of carboxylic acid groups (broad SMARTS) is 1. The number of nitrogens with zero attached hydrogens (tertiary/aromatic N) is 1. The second kappa shape index (κ2) is 5.25. The average Bonchev–Trinajstić information content (AvgIpc) is 2.33. The van der Waals surface area contributed by atoms with Crippen LogP contribution in [0.25, 0.3) is 0 Å². The summed E-state index contributed by atoms with van der Waals surface area (Å²) in [5, 5.41) is 26.2. The van der Waals surface area contributed by atoms with Gasteiger partial charge in [-0.1, -0.05) is 0 Å². The average molecular weight is 313 g/mol. The molecule has 1 atom stereocenters. The second-order valence-corrected chi connectivity index (χ2v) is 3.84. The topological polar surface area (TPSA) is 81.3 Å². The Hall–Kier alpha value is -2.28. The van der Waals surface area contributed by atoms with Gasteiger partial charge in [0.15, 0.2) is 6.10 Å². The van der Waals surface area contributed by atoms with Crippen molar-refractivity contribution in [1.29, 1.82) is 5.26 Å². The van der Waals surface area contributed by atoms with Gasteiger partial charge in [0.1, 0.15) is 0 Å². The van der Waals surface area contributed by atoms with Gasteiger partial charge in [-0.05, 0) is 12.1 Å². The number of carbonyl (C=O) groups is 1. The predicted octanol–water partition coefficient (Wildman–Crippen LogP) is 2.71. The summed E-state index contributed by atoms with van der Waals surface area (Å²) < 4.78 is 76.1. The summed E-state index contributed by atoms with van der Waals surface area (Å²) in [5.41, 5.74) is -6.54. The van der Waals surface area contributed by atoms with Crippen LogP contribution in [0.5, 0.6) is 0 Å². The summed E-state index contributed by atoms with van der Waals surface area (Å²) in [5.74, 6) is -2.18. The van der Waals surface area contributed by atoms with Crippen LogP contribution < -0.4 is 0 Å². The number of aliphatic carboxylic acids is 1. The first kappa shape index (κ1) is 16.8. The SMILES string of the molecule is N#Cc1cc(C(F)(F)F)cc(C(O)C(=O)O)c1C(F)(F)F. The van der Waals surface area contributed by atoms with Gasteiger partial charge in [0.05, 0.1) is 22.8 Å². The molecule has 0 amide bonds. The van der Waals surface area contributed by atoms with E-state index in [2.05, 4.69) is 0 Å². The molecule has 0 radical (unpaired) electrons. The van der Waals surface area contributed by atoms with Crippen molar-refractivity contribution >= 4 is 5.97 Å². The van der Waals surface area contributed by atoms with E-state index in [0.717, 1.165) is 6.07 Å². The van der Waals surface area contributed by atoms with Gasteiger partial charge in [0, 0.05) is 5.56 Å². The Morgan fingerprint density at radius 3 is 2.00 bits per heavy atom. The number of rotatable bonds is 2. The van der Waals surface area contributed by atoms with Crippen molar-refractivity contribution in [3.05, 3.63) is 34.4 Å². The number of halogens is 6. The fourth-order valence-electron chi connectivity index (χ4n) is 1.58. The molecule has 2 N–H and O–H groups in total. The molecule has 0 spiro atoms. The molecule has 0 saturated carbocycles. The number of hydrogen-bond donors (Lipinski definition) is 2. The van der Waals surface area contributed by atoms with Crippen LogP contribution in [0.2, 0.25) is 0 Å². The molecule has 1 aromatic rings. The lowest BCUT2D eigenvalue weighted by Crippen LogP contribution is -2.21. The van der Waals surface area contributed by atoms with Crippen LogP contribution in [0.1, 0.15) is 28.4 Å². The molecule has 10 heteroatoms. The molecule has 21 heavy (non-hydrogen) atoms. The fraction of sp³-hybridized carbons (Fsp3) is 0.273. The number of hydrogen-bond acceptors (Lipinski definition) is 3. The first-order valence-corrected chi connectivity index (χ1v) is 5.03. The van der Waals surface area contributed by atoms with Crippen LogP contribution >= 0.6 is 0 Å². The number of alkyl halides is 6.